The van der Waals surface area contributed by atoms with Gasteiger partial charge in [0.2, 0.25) is 16.9 Å². The molecule has 0 aliphatic rings. The summed E-state index contributed by atoms with van der Waals surface area (Å²) in [5, 5.41) is 7.67. The number of hydrogen-bond acceptors (Lipinski definition) is 8. The van der Waals surface area contributed by atoms with Crippen LogP contribution >= 0.6 is 11.8 Å². The maximum atomic E-state index is 13.8. The van der Waals surface area contributed by atoms with Gasteiger partial charge in [0.25, 0.3) is 10.0 Å². The van der Waals surface area contributed by atoms with E-state index < -0.39 is 33.7 Å². The molecular formula is C32H38N4O7S2. The normalized spacial score (nSPS) is 12.0. The van der Waals surface area contributed by atoms with Crippen LogP contribution in [0.15, 0.2) is 83.8 Å². The van der Waals surface area contributed by atoms with Gasteiger partial charge in [0, 0.05) is 24.3 Å². The highest BCUT2D eigenvalue weighted by Crippen LogP contribution is 2.28. The largest absolute Gasteiger partial charge is 0.444 e. The average molecular weight is 655 g/mol. The molecule has 13 heteroatoms. The highest BCUT2D eigenvalue weighted by molar-refractivity contribution is 8.14. The number of anilines is 2. The summed E-state index contributed by atoms with van der Waals surface area (Å²) in [5.74, 6) is -1.06. The standard InChI is InChI=1S/C32H38N4O7S2/c1-22-11-17-27(18-12-22)45(41,42)36(26-15-13-25(14-16-26)35-31(40)43-32(3,4)5)23(2)29(38)34-20-19-33-28(37)21-44-30(39)24-9-7-6-8-10-24/h6-18,23H,19-21H2,1-5H3,(H,33,37)(H,34,38)(H,35,40)/t23-/m0/s1. The molecule has 45 heavy (non-hydrogen) atoms. The fourth-order valence-electron chi connectivity index (χ4n) is 3.99. The Morgan fingerprint density at radius 3 is 2.07 bits per heavy atom. The van der Waals surface area contributed by atoms with E-state index in [0.29, 0.717) is 11.3 Å². The third-order valence-corrected chi connectivity index (χ3v) is 8.98. The first kappa shape index (κ1) is 35.1. The highest BCUT2D eigenvalue weighted by atomic mass is 32.2. The van der Waals surface area contributed by atoms with Gasteiger partial charge < -0.3 is 15.4 Å². The SMILES string of the molecule is Cc1ccc(S(=O)(=O)N(c2ccc(NC(=O)OC(C)(C)C)cc2)[C@@H](C)C(=O)NCCNC(=O)CSC(=O)c2ccccc2)cc1. The van der Waals surface area contributed by atoms with Gasteiger partial charge in [-0.25, -0.2) is 13.2 Å². The Hall–Kier alpha value is -4.36. The lowest BCUT2D eigenvalue weighted by molar-refractivity contribution is -0.122. The van der Waals surface area contributed by atoms with Gasteiger partial charge >= 0.3 is 6.09 Å². The van der Waals surface area contributed by atoms with Crippen molar-refractivity contribution in [2.24, 2.45) is 0 Å². The van der Waals surface area contributed by atoms with E-state index in [1.165, 1.54) is 43.3 Å². The van der Waals surface area contributed by atoms with Gasteiger partial charge in [-0.05, 0) is 71.0 Å². The summed E-state index contributed by atoms with van der Waals surface area (Å²) in [7, 11) is -4.20. The Bertz CT molecular complexity index is 1590. The molecule has 3 aromatic carbocycles. The quantitative estimate of drug-likeness (QED) is 0.237. The molecule has 0 bridgehead atoms. The minimum atomic E-state index is -4.20. The zero-order valence-corrected chi connectivity index (χ0v) is 27.5. The summed E-state index contributed by atoms with van der Waals surface area (Å²) in [6.07, 6.45) is -0.666. The number of nitrogens with zero attached hydrogens (tertiary/aromatic N) is 1. The number of amides is 3. The number of carbonyl (C=O) groups excluding carboxylic acids is 4. The minimum Gasteiger partial charge on any atom is -0.444 e. The predicted molar refractivity (Wildman–Crippen MR) is 176 cm³/mol. The molecule has 3 aromatic rings. The summed E-state index contributed by atoms with van der Waals surface area (Å²) in [5.41, 5.74) is 1.23. The van der Waals surface area contributed by atoms with Crippen molar-refractivity contribution in [2.45, 2.75) is 51.2 Å². The second-order valence-electron chi connectivity index (χ2n) is 11.0. The molecule has 0 aliphatic carbocycles. The van der Waals surface area contributed by atoms with Gasteiger partial charge in [-0.15, -0.1) is 0 Å². The van der Waals surface area contributed by atoms with Gasteiger partial charge in [-0.3, -0.25) is 24.0 Å². The molecule has 0 unspecified atom stereocenters. The second kappa shape index (κ2) is 15.6. The lowest BCUT2D eigenvalue weighted by Crippen LogP contribution is -2.49. The van der Waals surface area contributed by atoms with Crippen LogP contribution in [0.2, 0.25) is 0 Å². The van der Waals surface area contributed by atoms with Crippen molar-refractivity contribution in [3.63, 3.8) is 0 Å². The van der Waals surface area contributed by atoms with Crippen LogP contribution < -0.4 is 20.3 Å². The van der Waals surface area contributed by atoms with E-state index in [4.69, 9.17) is 4.74 Å². The van der Waals surface area contributed by atoms with Crippen molar-refractivity contribution >= 4 is 56.2 Å². The molecule has 240 valence electrons. The van der Waals surface area contributed by atoms with Crippen molar-refractivity contribution in [3.8, 4) is 0 Å². The molecular weight excluding hydrogens is 617 g/mol. The van der Waals surface area contributed by atoms with Crippen LogP contribution in [0, 0.1) is 6.92 Å². The van der Waals surface area contributed by atoms with Gasteiger partial charge in [0.1, 0.15) is 11.6 Å². The predicted octanol–water partition coefficient (Wildman–Crippen LogP) is 4.73. The van der Waals surface area contributed by atoms with Crippen LogP contribution in [0.3, 0.4) is 0 Å². The third-order valence-electron chi connectivity index (χ3n) is 6.17. The van der Waals surface area contributed by atoms with Crippen molar-refractivity contribution in [2.75, 3.05) is 28.5 Å². The first-order valence-corrected chi connectivity index (χ1v) is 16.6. The third kappa shape index (κ3) is 10.6. The van der Waals surface area contributed by atoms with Gasteiger partial charge in [-0.2, -0.15) is 0 Å². The minimum absolute atomic E-state index is 0.00137. The first-order valence-electron chi connectivity index (χ1n) is 14.1. The molecule has 3 N–H and O–H groups in total. The smallest absolute Gasteiger partial charge is 0.412 e. The molecule has 0 heterocycles. The van der Waals surface area contributed by atoms with Crippen LogP contribution in [0.25, 0.3) is 0 Å². The number of hydrogen-bond donors (Lipinski definition) is 3. The van der Waals surface area contributed by atoms with E-state index in [0.717, 1.165) is 21.6 Å². The van der Waals surface area contributed by atoms with E-state index >= 15 is 0 Å². The Morgan fingerprint density at radius 2 is 1.47 bits per heavy atom. The molecule has 3 rings (SSSR count). The Balaban J connectivity index is 1.67. The fraction of sp³-hybridized carbons (Fsp3) is 0.312. The van der Waals surface area contributed by atoms with Crippen molar-refractivity contribution < 1.29 is 32.3 Å². The summed E-state index contributed by atoms with van der Waals surface area (Å²) in [6.45, 7) is 8.60. The van der Waals surface area contributed by atoms with Gasteiger partial charge in [-0.1, -0.05) is 59.8 Å². The molecule has 3 amide bonds. The second-order valence-corrected chi connectivity index (χ2v) is 13.8. The maximum absolute atomic E-state index is 13.8. The Kier molecular flexibility index (Phi) is 12.2. The summed E-state index contributed by atoms with van der Waals surface area (Å²) in [6, 6.07) is 19.7. The molecule has 0 radical (unpaired) electrons. The van der Waals surface area contributed by atoms with E-state index in [9.17, 15) is 27.6 Å². The molecule has 0 fully saturated rings. The topological polar surface area (TPSA) is 151 Å². The first-order chi connectivity index (χ1) is 21.2. The Labute approximate surface area is 268 Å². The monoisotopic (exact) mass is 654 g/mol. The number of benzene rings is 3. The van der Waals surface area contributed by atoms with E-state index in [2.05, 4.69) is 16.0 Å². The zero-order chi connectivity index (χ0) is 33.2. The van der Waals surface area contributed by atoms with Crippen molar-refractivity contribution in [3.05, 3.63) is 90.0 Å². The van der Waals surface area contributed by atoms with Crippen LogP contribution in [-0.4, -0.2) is 61.9 Å². The van der Waals surface area contributed by atoms with Crippen LogP contribution in [0.1, 0.15) is 43.6 Å². The molecule has 0 aliphatic heterocycles. The number of ether oxygens (including phenoxy) is 1. The van der Waals surface area contributed by atoms with Crippen molar-refractivity contribution in [1.29, 1.82) is 0 Å². The number of rotatable bonds is 12. The zero-order valence-electron chi connectivity index (χ0n) is 25.8. The lowest BCUT2D eigenvalue weighted by atomic mass is 10.2. The number of carbonyl (C=O) groups is 4. The van der Waals surface area contributed by atoms with E-state index in [-0.39, 0.29) is 40.4 Å². The number of sulfonamides is 1. The molecule has 11 nitrogen and oxygen atoms in total. The fourth-order valence-corrected chi connectivity index (χ4v) is 6.27. The maximum Gasteiger partial charge on any atom is 0.412 e. The number of nitrogens with one attached hydrogen (secondary N) is 3. The summed E-state index contributed by atoms with van der Waals surface area (Å²) in [4.78, 5) is 49.8. The lowest BCUT2D eigenvalue weighted by Gasteiger charge is -2.30. The van der Waals surface area contributed by atoms with Crippen LogP contribution in [0.5, 0.6) is 0 Å². The molecule has 1 atom stereocenters. The van der Waals surface area contributed by atoms with Gasteiger partial charge in [0.15, 0.2) is 0 Å². The van der Waals surface area contributed by atoms with Gasteiger partial charge in [0.05, 0.1) is 16.3 Å². The Morgan fingerprint density at radius 1 is 0.867 bits per heavy atom. The van der Waals surface area contributed by atoms with E-state index in [1.807, 2.05) is 6.92 Å². The van der Waals surface area contributed by atoms with E-state index in [1.54, 1.807) is 63.2 Å². The molecule has 0 saturated carbocycles. The molecule has 0 aromatic heterocycles. The molecule has 0 spiro atoms. The summed E-state index contributed by atoms with van der Waals surface area (Å²) < 4.78 is 33.9. The van der Waals surface area contributed by atoms with Crippen molar-refractivity contribution in [1.82, 2.24) is 10.6 Å². The van der Waals surface area contributed by atoms with Crippen LogP contribution in [0.4, 0.5) is 16.2 Å². The number of thioether (sulfide) groups is 1. The average Bonchev–Trinajstić information content (AvgIpc) is 2.98. The number of aryl methyl sites for hydroxylation is 1. The van der Waals surface area contributed by atoms with Crippen LogP contribution in [-0.2, 0) is 24.3 Å². The molecule has 0 saturated heterocycles. The highest BCUT2D eigenvalue weighted by Gasteiger charge is 2.33. The summed E-state index contributed by atoms with van der Waals surface area (Å²) >= 11 is 0.874.